The molecule has 5 rings (SSSR count). The summed E-state index contributed by atoms with van der Waals surface area (Å²) < 4.78 is 5.55. The first-order valence-corrected chi connectivity index (χ1v) is 11.0. The Bertz CT molecular complexity index is 1200. The molecule has 1 N–H and O–H groups in total. The SMILES string of the molecule is CCOc1cc([C@H]2[C@H]3C(=O)N(c4ccc(Cl)cc4)C(=O)[C@H]3ON2c2ccccc2)ccc1O. The lowest BCUT2D eigenvalue weighted by Gasteiger charge is -2.29. The molecule has 3 aromatic carbocycles. The fourth-order valence-corrected chi connectivity index (χ4v) is 4.51. The number of aromatic hydroxyl groups is 1. The second-order valence-electron chi connectivity index (χ2n) is 7.81. The van der Waals surface area contributed by atoms with Crippen molar-refractivity contribution in [2.75, 3.05) is 16.6 Å². The molecule has 2 heterocycles. The van der Waals surface area contributed by atoms with Crippen molar-refractivity contribution >= 4 is 34.8 Å². The van der Waals surface area contributed by atoms with Crippen LogP contribution in [0.25, 0.3) is 0 Å². The smallest absolute Gasteiger partial charge is 0.266 e. The molecule has 3 aromatic rings. The molecule has 0 aromatic heterocycles. The fraction of sp³-hybridized carbons (Fsp3) is 0.200. The molecule has 2 saturated heterocycles. The van der Waals surface area contributed by atoms with Crippen molar-refractivity contribution in [3.63, 3.8) is 0 Å². The number of hydrogen-bond acceptors (Lipinski definition) is 6. The van der Waals surface area contributed by atoms with Gasteiger partial charge in [-0.25, -0.2) is 9.96 Å². The Morgan fingerprint density at radius 1 is 0.970 bits per heavy atom. The van der Waals surface area contributed by atoms with E-state index in [0.717, 1.165) is 4.90 Å². The number of fused-ring (bicyclic) bond motifs is 1. The summed E-state index contributed by atoms with van der Waals surface area (Å²) in [5, 5.41) is 12.3. The lowest BCUT2D eigenvalue weighted by atomic mass is 9.90. The molecule has 2 aliphatic heterocycles. The van der Waals surface area contributed by atoms with E-state index in [4.69, 9.17) is 21.2 Å². The molecule has 168 valence electrons. The van der Waals surface area contributed by atoms with Crippen LogP contribution in [-0.4, -0.2) is 29.6 Å². The lowest BCUT2D eigenvalue weighted by Crippen LogP contribution is -2.37. The first-order chi connectivity index (χ1) is 16.0. The zero-order valence-electron chi connectivity index (χ0n) is 17.7. The summed E-state index contributed by atoms with van der Waals surface area (Å²) in [5.74, 6) is -1.27. The number of halogens is 1. The van der Waals surface area contributed by atoms with Gasteiger partial charge < -0.3 is 9.84 Å². The number of hydrogen-bond donors (Lipinski definition) is 1. The number of rotatable bonds is 5. The number of carbonyl (C=O) groups excluding carboxylic acids is 2. The number of carbonyl (C=O) groups is 2. The highest BCUT2D eigenvalue weighted by atomic mass is 35.5. The Hall–Kier alpha value is -3.55. The van der Waals surface area contributed by atoms with Gasteiger partial charge in [0.15, 0.2) is 17.6 Å². The Balaban J connectivity index is 1.59. The minimum atomic E-state index is -0.984. The van der Waals surface area contributed by atoms with Crippen LogP contribution < -0.4 is 14.7 Å². The molecule has 0 saturated carbocycles. The molecule has 0 aliphatic carbocycles. The predicted molar refractivity (Wildman–Crippen MR) is 123 cm³/mol. The van der Waals surface area contributed by atoms with Crippen molar-refractivity contribution in [3.05, 3.63) is 83.4 Å². The van der Waals surface area contributed by atoms with Gasteiger partial charge in [-0.1, -0.05) is 35.9 Å². The molecule has 0 spiro atoms. The standard InChI is InChI=1S/C25H21ClN2O5/c1-2-32-20-14-15(8-13-19(20)29)22-21-23(33-28(22)18-6-4-3-5-7-18)25(31)27(24(21)30)17-11-9-16(26)10-12-17/h3-14,21-23,29H,2H2,1H3/t21-,22+,23+/m1/s1. The van der Waals surface area contributed by atoms with Crippen LogP contribution in [0, 0.1) is 5.92 Å². The molecule has 2 amide bonds. The van der Waals surface area contributed by atoms with Gasteiger partial charge in [0, 0.05) is 5.02 Å². The number of ether oxygens (including phenoxy) is 1. The Kier molecular flexibility index (Phi) is 5.44. The van der Waals surface area contributed by atoms with Gasteiger partial charge in [0.05, 0.1) is 24.0 Å². The van der Waals surface area contributed by atoms with Gasteiger partial charge in [0.1, 0.15) is 5.92 Å². The third-order valence-electron chi connectivity index (χ3n) is 5.84. The van der Waals surface area contributed by atoms with Gasteiger partial charge in [-0.05, 0) is 61.0 Å². The Morgan fingerprint density at radius 2 is 1.70 bits per heavy atom. The Morgan fingerprint density at radius 3 is 2.39 bits per heavy atom. The van der Waals surface area contributed by atoms with E-state index >= 15 is 0 Å². The number of hydroxylamine groups is 1. The van der Waals surface area contributed by atoms with E-state index in [1.165, 1.54) is 6.07 Å². The topological polar surface area (TPSA) is 79.3 Å². The average molecular weight is 465 g/mol. The molecule has 0 radical (unpaired) electrons. The van der Waals surface area contributed by atoms with Crippen LogP contribution in [0.5, 0.6) is 11.5 Å². The number of para-hydroxylation sites is 1. The van der Waals surface area contributed by atoms with Crippen molar-refractivity contribution in [1.82, 2.24) is 0 Å². The van der Waals surface area contributed by atoms with Gasteiger partial charge in [-0.2, -0.15) is 0 Å². The van der Waals surface area contributed by atoms with Crippen molar-refractivity contribution in [1.29, 1.82) is 0 Å². The van der Waals surface area contributed by atoms with Gasteiger partial charge in [-0.3, -0.25) is 14.4 Å². The molecule has 8 heteroatoms. The van der Waals surface area contributed by atoms with E-state index in [2.05, 4.69) is 0 Å². The zero-order valence-corrected chi connectivity index (χ0v) is 18.5. The van der Waals surface area contributed by atoms with Crippen LogP contribution in [0.3, 0.4) is 0 Å². The molecule has 0 bridgehead atoms. The van der Waals surface area contributed by atoms with E-state index in [0.29, 0.717) is 34.3 Å². The highest BCUT2D eigenvalue weighted by Crippen LogP contribution is 2.48. The number of anilines is 2. The van der Waals surface area contributed by atoms with E-state index in [1.807, 2.05) is 37.3 Å². The number of phenols is 1. The maximum absolute atomic E-state index is 13.6. The molecule has 3 atom stereocenters. The summed E-state index contributed by atoms with van der Waals surface area (Å²) in [6.07, 6.45) is -0.984. The minimum Gasteiger partial charge on any atom is -0.504 e. The number of phenolic OH excluding ortho intramolecular Hbond substituents is 1. The van der Waals surface area contributed by atoms with E-state index in [9.17, 15) is 14.7 Å². The summed E-state index contributed by atoms with van der Waals surface area (Å²) in [4.78, 5) is 34.2. The van der Waals surface area contributed by atoms with Gasteiger partial charge in [-0.15, -0.1) is 0 Å². The normalized spacial score (nSPS) is 22.1. The summed E-state index contributed by atoms with van der Waals surface area (Å²) >= 11 is 5.98. The van der Waals surface area contributed by atoms with Crippen LogP contribution in [-0.2, 0) is 14.4 Å². The largest absolute Gasteiger partial charge is 0.504 e. The van der Waals surface area contributed by atoms with Crippen LogP contribution in [0.1, 0.15) is 18.5 Å². The maximum Gasteiger partial charge on any atom is 0.266 e. The van der Waals surface area contributed by atoms with E-state index in [-0.39, 0.29) is 11.7 Å². The predicted octanol–water partition coefficient (Wildman–Crippen LogP) is 4.50. The summed E-state index contributed by atoms with van der Waals surface area (Å²) in [6.45, 7) is 2.19. The summed E-state index contributed by atoms with van der Waals surface area (Å²) in [7, 11) is 0. The average Bonchev–Trinajstić information content (AvgIpc) is 3.33. The quantitative estimate of drug-likeness (QED) is 0.560. The number of imide groups is 1. The number of nitrogens with zero attached hydrogens (tertiary/aromatic N) is 2. The molecule has 0 unspecified atom stereocenters. The number of amides is 2. The van der Waals surface area contributed by atoms with Crippen LogP contribution >= 0.6 is 11.6 Å². The third-order valence-corrected chi connectivity index (χ3v) is 6.09. The third kappa shape index (κ3) is 3.59. The van der Waals surface area contributed by atoms with E-state index < -0.39 is 24.0 Å². The maximum atomic E-state index is 13.6. The molecule has 2 aliphatic rings. The highest BCUT2D eigenvalue weighted by Gasteiger charge is 2.60. The highest BCUT2D eigenvalue weighted by molar-refractivity contribution is 6.31. The first kappa shape index (κ1) is 21.3. The second kappa shape index (κ2) is 8.42. The van der Waals surface area contributed by atoms with Crippen molar-refractivity contribution in [2.45, 2.75) is 19.1 Å². The monoisotopic (exact) mass is 464 g/mol. The van der Waals surface area contributed by atoms with Crippen LogP contribution in [0.15, 0.2) is 72.8 Å². The van der Waals surface area contributed by atoms with Crippen molar-refractivity contribution in [2.24, 2.45) is 5.92 Å². The van der Waals surface area contributed by atoms with E-state index in [1.54, 1.807) is 41.5 Å². The van der Waals surface area contributed by atoms with Crippen LogP contribution in [0.2, 0.25) is 5.02 Å². The van der Waals surface area contributed by atoms with Gasteiger partial charge >= 0.3 is 0 Å². The molecular weight excluding hydrogens is 444 g/mol. The van der Waals surface area contributed by atoms with Gasteiger partial charge in [0.25, 0.3) is 5.91 Å². The molecule has 7 nitrogen and oxygen atoms in total. The number of benzene rings is 3. The minimum absolute atomic E-state index is 0.000980. The fourth-order valence-electron chi connectivity index (χ4n) is 4.38. The van der Waals surface area contributed by atoms with Crippen molar-refractivity contribution < 1.29 is 24.3 Å². The Labute approximate surface area is 195 Å². The summed E-state index contributed by atoms with van der Waals surface area (Å²) in [5.41, 5.74) is 1.84. The summed E-state index contributed by atoms with van der Waals surface area (Å²) in [6, 6.07) is 20.2. The second-order valence-corrected chi connectivity index (χ2v) is 8.24. The lowest BCUT2D eigenvalue weighted by molar-refractivity contribution is -0.126. The molecule has 33 heavy (non-hydrogen) atoms. The van der Waals surface area contributed by atoms with Crippen LogP contribution in [0.4, 0.5) is 11.4 Å². The van der Waals surface area contributed by atoms with Crippen molar-refractivity contribution in [3.8, 4) is 11.5 Å². The zero-order chi connectivity index (χ0) is 23.1. The van der Waals surface area contributed by atoms with Gasteiger partial charge in [0.2, 0.25) is 5.91 Å². The molecular formula is C25H21ClN2O5. The first-order valence-electron chi connectivity index (χ1n) is 10.6. The molecule has 2 fully saturated rings.